The van der Waals surface area contributed by atoms with Crippen molar-refractivity contribution in [1.82, 2.24) is 10.6 Å². The molecule has 4 nitrogen and oxygen atoms in total. The summed E-state index contributed by atoms with van der Waals surface area (Å²) in [4.78, 5) is 11.8. The Bertz CT molecular complexity index is 291. The Morgan fingerprint density at radius 3 is 2.81 bits per heavy atom. The van der Waals surface area contributed by atoms with Crippen molar-refractivity contribution < 1.29 is 9.90 Å². The number of aliphatic hydroxyl groups excluding tert-OH is 1. The molecule has 3 N–H and O–H groups in total. The zero-order chi connectivity index (χ0) is 11.1. The molecule has 1 amide bonds. The monoisotopic (exact) mass is 224 g/mol. The Kier molecular flexibility index (Phi) is 2.64. The van der Waals surface area contributed by atoms with Crippen LogP contribution in [0.3, 0.4) is 0 Å². The van der Waals surface area contributed by atoms with Gasteiger partial charge in [0.05, 0.1) is 6.10 Å². The minimum atomic E-state index is -0.293. The van der Waals surface area contributed by atoms with Crippen molar-refractivity contribution in [3.8, 4) is 0 Å². The van der Waals surface area contributed by atoms with Crippen LogP contribution in [0.1, 0.15) is 19.3 Å². The quantitative estimate of drug-likeness (QED) is 0.616. The average molecular weight is 224 g/mol. The molecule has 3 aliphatic rings. The number of carbonyl (C=O) groups excluding carboxylic acids is 1. The predicted octanol–water partition coefficient (Wildman–Crippen LogP) is -0.271. The highest BCUT2D eigenvalue weighted by Gasteiger charge is 2.51. The third-order valence-corrected chi connectivity index (χ3v) is 4.25. The van der Waals surface area contributed by atoms with Crippen LogP contribution >= 0.6 is 0 Å². The molecule has 2 aliphatic carbocycles. The number of carbonyl (C=O) groups is 1. The lowest BCUT2D eigenvalue weighted by molar-refractivity contribution is -0.122. The molecule has 0 spiro atoms. The van der Waals surface area contributed by atoms with Gasteiger partial charge in [0.1, 0.15) is 0 Å². The van der Waals surface area contributed by atoms with E-state index >= 15 is 0 Å². The third-order valence-electron chi connectivity index (χ3n) is 4.25. The molecule has 4 atom stereocenters. The van der Waals surface area contributed by atoms with Crippen LogP contribution in [-0.2, 0) is 4.79 Å². The molecule has 3 fully saturated rings. The standard InChI is InChI=1S/C12H20N2O2/c15-11-6-13-4-8(11)5-14-12(16)10-3-9(10)7-1-2-7/h7-11,13,15H,1-6H2,(H,14,16). The minimum absolute atomic E-state index is 0.196. The SMILES string of the molecule is O=C(NCC1CNCC1O)C1CC1C1CC1. The molecule has 0 aromatic heterocycles. The van der Waals surface area contributed by atoms with E-state index in [0.717, 1.165) is 18.9 Å². The first kappa shape index (κ1) is 10.5. The normalized spacial score (nSPS) is 42.1. The molecule has 1 heterocycles. The Morgan fingerprint density at radius 1 is 1.38 bits per heavy atom. The maximum Gasteiger partial charge on any atom is 0.223 e. The summed E-state index contributed by atoms with van der Waals surface area (Å²) in [7, 11) is 0. The van der Waals surface area contributed by atoms with E-state index in [9.17, 15) is 9.90 Å². The number of amides is 1. The summed E-state index contributed by atoms with van der Waals surface area (Å²) in [5.74, 6) is 2.25. The molecular weight excluding hydrogens is 204 g/mol. The molecule has 1 aliphatic heterocycles. The van der Waals surface area contributed by atoms with Crippen molar-refractivity contribution in [3.05, 3.63) is 0 Å². The summed E-state index contributed by atoms with van der Waals surface area (Å²) in [6, 6.07) is 0. The van der Waals surface area contributed by atoms with E-state index in [1.165, 1.54) is 12.8 Å². The van der Waals surface area contributed by atoms with E-state index in [-0.39, 0.29) is 17.9 Å². The summed E-state index contributed by atoms with van der Waals surface area (Å²) < 4.78 is 0. The predicted molar refractivity (Wildman–Crippen MR) is 59.7 cm³/mol. The van der Waals surface area contributed by atoms with Gasteiger partial charge in [-0.25, -0.2) is 0 Å². The molecule has 0 aromatic rings. The van der Waals surface area contributed by atoms with Crippen LogP contribution in [0.5, 0.6) is 0 Å². The van der Waals surface area contributed by atoms with Gasteiger partial charge in [-0.05, 0) is 31.1 Å². The van der Waals surface area contributed by atoms with Gasteiger partial charge in [-0.15, -0.1) is 0 Å². The van der Waals surface area contributed by atoms with E-state index in [4.69, 9.17) is 0 Å². The van der Waals surface area contributed by atoms with Gasteiger partial charge in [0, 0.05) is 31.5 Å². The first-order valence-electron chi connectivity index (χ1n) is 6.42. The van der Waals surface area contributed by atoms with Crippen LogP contribution in [0.4, 0.5) is 0 Å². The van der Waals surface area contributed by atoms with Crippen molar-refractivity contribution in [1.29, 1.82) is 0 Å². The highest BCUT2D eigenvalue weighted by molar-refractivity contribution is 5.81. The summed E-state index contributed by atoms with van der Waals surface area (Å²) in [6.45, 7) is 2.10. The van der Waals surface area contributed by atoms with Crippen LogP contribution in [-0.4, -0.2) is 36.8 Å². The van der Waals surface area contributed by atoms with E-state index in [1.54, 1.807) is 0 Å². The zero-order valence-corrected chi connectivity index (χ0v) is 9.48. The minimum Gasteiger partial charge on any atom is -0.391 e. The highest BCUT2D eigenvalue weighted by atomic mass is 16.3. The highest BCUT2D eigenvalue weighted by Crippen LogP contribution is 2.54. The van der Waals surface area contributed by atoms with E-state index in [1.807, 2.05) is 0 Å². The molecule has 3 rings (SSSR count). The second-order valence-corrected chi connectivity index (χ2v) is 5.57. The zero-order valence-electron chi connectivity index (χ0n) is 9.48. The average Bonchev–Trinajstić information content (AvgIpc) is 3.13. The van der Waals surface area contributed by atoms with Crippen molar-refractivity contribution in [2.24, 2.45) is 23.7 Å². The van der Waals surface area contributed by atoms with Crippen LogP contribution in [0.2, 0.25) is 0 Å². The fourth-order valence-corrected chi connectivity index (χ4v) is 2.85. The van der Waals surface area contributed by atoms with Gasteiger partial charge in [0.25, 0.3) is 0 Å². The molecule has 16 heavy (non-hydrogen) atoms. The number of rotatable bonds is 4. The fourth-order valence-electron chi connectivity index (χ4n) is 2.85. The van der Waals surface area contributed by atoms with Gasteiger partial charge >= 0.3 is 0 Å². The first-order chi connectivity index (χ1) is 7.75. The Balaban J connectivity index is 1.40. The molecule has 2 saturated carbocycles. The molecular formula is C12H20N2O2. The summed E-state index contributed by atoms with van der Waals surface area (Å²) in [5.41, 5.74) is 0. The van der Waals surface area contributed by atoms with E-state index < -0.39 is 0 Å². The first-order valence-corrected chi connectivity index (χ1v) is 6.42. The number of β-amino-alcohol motifs (C(OH)–C–C–N with tert-alkyl or cyclic N) is 1. The largest absolute Gasteiger partial charge is 0.391 e. The lowest BCUT2D eigenvalue weighted by Gasteiger charge is -2.14. The summed E-state index contributed by atoms with van der Waals surface area (Å²) in [5, 5.41) is 15.7. The van der Waals surface area contributed by atoms with Crippen LogP contribution in [0, 0.1) is 23.7 Å². The number of nitrogens with one attached hydrogen (secondary N) is 2. The maximum absolute atomic E-state index is 11.8. The lowest BCUT2D eigenvalue weighted by Crippen LogP contribution is -2.35. The van der Waals surface area contributed by atoms with Crippen molar-refractivity contribution in [2.45, 2.75) is 25.4 Å². The van der Waals surface area contributed by atoms with Gasteiger partial charge in [0.2, 0.25) is 5.91 Å². The molecule has 0 radical (unpaired) electrons. The van der Waals surface area contributed by atoms with Crippen LogP contribution in [0.25, 0.3) is 0 Å². The van der Waals surface area contributed by atoms with Gasteiger partial charge in [-0.3, -0.25) is 4.79 Å². The maximum atomic E-state index is 11.8. The molecule has 1 saturated heterocycles. The van der Waals surface area contributed by atoms with E-state index in [0.29, 0.717) is 24.9 Å². The molecule has 4 heteroatoms. The fraction of sp³-hybridized carbons (Fsp3) is 0.917. The Hall–Kier alpha value is -0.610. The van der Waals surface area contributed by atoms with Crippen molar-refractivity contribution >= 4 is 5.91 Å². The molecule has 90 valence electrons. The van der Waals surface area contributed by atoms with Crippen LogP contribution < -0.4 is 10.6 Å². The van der Waals surface area contributed by atoms with Gasteiger partial charge in [-0.2, -0.15) is 0 Å². The smallest absolute Gasteiger partial charge is 0.223 e. The Morgan fingerprint density at radius 2 is 2.19 bits per heavy atom. The van der Waals surface area contributed by atoms with Crippen molar-refractivity contribution in [2.75, 3.05) is 19.6 Å². The van der Waals surface area contributed by atoms with E-state index in [2.05, 4.69) is 10.6 Å². The van der Waals surface area contributed by atoms with Crippen molar-refractivity contribution in [3.63, 3.8) is 0 Å². The molecule has 0 bridgehead atoms. The number of aliphatic hydroxyl groups is 1. The van der Waals surface area contributed by atoms with Gasteiger partial charge in [0.15, 0.2) is 0 Å². The summed E-state index contributed by atoms with van der Waals surface area (Å²) in [6.07, 6.45) is 3.47. The number of hydrogen-bond acceptors (Lipinski definition) is 3. The van der Waals surface area contributed by atoms with Gasteiger partial charge < -0.3 is 15.7 Å². The second kappa shape index (κ2) is 4.00. The second-order valence-electron chi connectivity index (χ2n) is 5.57. The lowest BCUT2D eigenvalue weighted by atomic mass is 10.1. The number of hydrogen-bond donors (Lipinski definition) is 3. The Labute approximate surface area is 95.8 Å². The third kappa shape index (κ3) is 2.09. The van der Waals surface area contributed by atoms with Gasteiger partial charge in [-0.1, -0.05) is 0 Å². The summed E-state index contributed by atoms with van der Waals surface area (Å²) >= 11 is 0. The molecule has 4 unspecified atom stereocenters. The topological polar surface area (TPSA) is 61.4 Å². The molecule has 0 aromatic carbocycles. The van der Waals surface area contributed by atoms with Crippen LogP contribution in [0.15, 0.2) is 0 Å².